The van der Waals surface area contributed by atoms with Crippen LogP contribution in [-0.2, 0) is 9.53 Å². The smallest absolute Gasteiger partial charge is 0.328 e. The predicted octanol–water partition coefficient (Wildman–Crippen LogP) is 2.50. The van der Waals surface area contributed by atoms with E-state index in [9.17, 15) is 4.79 Å². The van der Waals surface area contributed by atoms with Crippen LogP contribution in [0.4, 0.5) is 5.82 Å². The van der Waals surface area contributed by atoms with E-state index in [-0.39, 0.29) is 17.2 Å². The second-order valence-corrected chi connectivity index (χ2v) is 4.92. The number of esters is 1. The maximum absolute atomic E-state index is 11.6. The number of rotatable bonds is 4. The second-order valence-electron chi connectivity index (χ2n) is 3.72. The molecule has 1 atom stereocenters. The Bertz CT molecular complexity index is 415. The molecule has 1 aromatic heterocycles. The van der Waals surface area contributed by atoms with Crippen LogP contribution in [0, 0.1) is 5.92 Å². The molecule has 17 heavy (non-hydrogen) atoms. The fourth-order valence-electron chi connectivity index (χ4n) is 1.22. The van der Waals surface area contributed by atoms with Crippen LogP contribution in [-0.4, -0.2) is 29.1 Å². The SMILES string of the molecule is COC(=O)C(Nc1nc(Cl)ncc1Br)C(C)C. The van der Waals surface area contributed by atoms with Crippen LogP contribution in [0.1, 0.15) is 13.8 Å². The summed E-state index contributed by atoms with van der Waals surface area (Å²) in [6.07, 6.45) is 1.52. The Morgan fingerprint density at radius 1 is 1.59 bits per heavy atom. The molecule has 0 aliphatic heterocycles. The normalized spacial score (nSPS) is 12.4. The highest BCUT2D eigenvalue weighted by Crippen LogP contribution is 2.22. The van der Waals surface area contributed by atoms with Crippen LogP contribution in [0.5, 0.6) is 0 Å². The van der Waals surface area contributed by atoms with Gasteiger partial charge in [-0.25, -0.2) is 9.78 Å². The lowest BCUT2D eigenvalue weighted by atomic mass is 10.0. The van der Waals surface area contributed by atoms with E-state index in [1.165, 1.54) is 13.3 Å². The molecule has 0 saturated heterocycles. The highest BCUT2D eigenvalue weighted by Gasteiger charge is 2.24. The van der Waals surface area contributed by atoms with E-state index >= 15 is 0 Å². The van der Waals surface area contributed by atoms with Crippen molar-refractivity contribution in [2.45, 2.75) is 19.9 Å². The number of ether oxygens (including phenoxy) is 1. The average Bonchev–Trinajstić information content (AvgIpc) is 2.28. The van der Waals surface area contributed by atoms with Crippen LogP contribution in [0.25, 0.3) is 0 Å². The molecule has 0 fully saturated rings. The van der Waals surface area contributed by atoms with Gasteiger partial charge in [0.05, 0.1) is 11.6 Å². The average molecular weight is 323 g/mol. The Morgan fingerprint density at radius 2 is 2.24 bits per heavy atom. The van der Waals surface area contributed by atoms with E-state index in [1.807, 2.05) is 13.8 Å². The summed E-state index contributed by atoms with van der Waals surface area (Å²) >= 11 is 8.97. The van der Waals surface area contributed by atoms with Gasteiger partial charge in [-0.3, -0.25) is 0 Å². The molecule has 1 N–H and O–H groups in total. The van der Waals surface area contributed by atoms with E-state index in [0.29, 0.717) is 10.3 Å². The summed E-state index contributed by atoms with van der Waals surface area (Å²) < 4.78 is 5.36. The molecule has 0 amide bonds. The fourth-order valence-corrected chi connectivity index (χ4v) is 1.66. The topological polar surface area (TPSA) is 64.1 Å². The minimum absolute atomic E-state index is 0.0584. The molecule has 0 aliphatic carbocycles. The van der Waals surface area contributed by atoms with Gasteiger partial charge in [-0.15, -0.1) is 0 Å². The lowest BCUT2D eigenvalue weighted by Gasteiger charge is -2.20. The van der Waals surface area contributed by atoms with Crippen LogP contribution in [0.3, 0.4) is 0 Å². The van der Waals surface area contributed by atoms with Crippen LogP contribution in [0.15, 0.2) is 10.7 Å². The monoisotopic (exact) mass is 321 g/mol. The van der Waals surface area contributed by atoms with Crippen molar-refractivity contribution < 1.29 is 9.53 Å². The van der Waals surface area contributed by atoms with Crippen molar-refractivity contribution in [3.8, 4) is 0 Å². The summed E-state index contributed by atoms with van der Waals surface area (Å²) in [6.45, 7) is 3.82. The number of nitrogens with one attached hydrogen (secondary N) is 1. The van der Waals surface area contributed by atoms with Crippen molar-refractivity contribution in [2.75, 3.05) is 12.4 Å². The maximum atomic E-state index is 11.6. The largest absolute Gasteiger partial charge is 0.467 e. The molecule has 1 rings (SSSR count). The first-order chi connectivity index (χ1) is 7.95. The molecule has 0 bridgehead atoms. The van der Waals surface area contributed by atoms with Gasteiger partial charge in [0.15, 0.2) is 0 Å². The fraction of sp³-hybridized carbons (Fsp3) is 0.500. The lowest BCUT2D eigenvalue weighted by molar-refractivity contribution is -0.142. The number of carbonyl (C=O) groups excluding carboxylic acids is 1. The highest BCUT2D eigenvalue weighted by atomic mass is 79.9. The molecule has 0 aromatic carbocycles. The van der Waals surface area contributed by atoms with Crippen LogP contribution in [0.2, 0.25) is 5.28 Å². The van der Waals surface area contributed by atoms with E-state index in [4.69, 9.17) is 16.3 Å². The Hall–Kier alpha value is -0.880. The van der Waals surface area contributed by atoms with Crippen molar-refractivity contribution in [1.29, 1.82) is 0 Å². The highest BCUT2D eigenvalue weighted by molar-refractivity contribution is 9.10. The van der Waals surface area contributed by atoms with Crippen LogP contribution >= 0.6 is 27.5 Å². The number of methoxy groups -OCH3 is 1. The number of aromatic nitrogens is 2. The summed E-state index contributed by atoms with van der Waals surface area (Å²) in [5, 5.41) is 3.10. The minimum Gasteiger partial charge on any atom is -0.467 e. The zero-order chi connectivity index (χ0) is 13.0. The third kappa shape index (κ3) is 3.81. The Kier molecular flexibility index (Phi) is 5.14. The van der Waals surface area contributed by atoms with Gasteiger partial charge >= 0.3 is 5.97 Å². The third-order valence-electron chi connectivity index (χ3n) is 2.13. The summed E-state index contributed by atoms with van der Waals surface area (Å²) in [6, 6.07) is -0.484. The van der Waals surface area contributed by atoms with Gasteiger partial charge in [-0.1, -0.05) is 13.8 Å². The minimum atomic E-state index is -0.484. The van der Waals surface area contributed by atoms with Crippen molar-refractivity contribution in [3.63, 3.8) is 0 Å². The Morgan fingerprint density at radius 3 is 2.76 bits per heavy atom. The lowest BCUT2D eigenvalue weighted by Crippen LogP contribution is -2.35. The van der Waals surface area contributed by atoms with E-state index in [0.717, 1.165) is 0 Å². The molecule has 0 saturated carbocycles. The zero-order valence-electron chi connectivity index (χ0n) is 9.70. The van der Waals surface area contributed by atoms with Crippen molar-refractivity contribution in [1.82, 2.24) is 9.97 Å². The first-order valence-corrected chi connectivity index (χ1v) is 6.15. The van der Waals surface area contributed by atoms with Gasteiger partial charge in [-0.2, -0.15) is 4.98 Å². The van der Waals surface area contributed by atoms with Gasteiger partial charge in [0.2, 0.25) is 5.28 Å². The molecule has 0 radical (unpaired) electrons. The van der Waals surface area contributed by atoms with Gasteiger partial charge in [0.1, 0.15) is 11.9 Å². The number of carbonyl (C=O) groups is 1. The zero-order valence-corrected chi connectivity index (χ0v) is 12.0. The summed E-state index contributed by atoms with van der Waals surface area (Å²) in [7, 11) is 1.35. The third-order valence-corrected chi connectivity index (χ3v) is 2.89. The standard InChI is InChI=1S/C10H13BrClN3O2/c1-5(2)7(9(16)17-3)14-8-6(11)4-13-10(12)15-8/h4-5,7H,1-3H3,(H,13,14,15). The molecule has 1 heterocycles. The second kappa shape index (κ2) is 6.16. The van der Waals surface area contributed by atoms with E-state index in [2.05, 4.69) is 31.2 Å². The number of hydrogen-bond donors (Lipinski definition) is 1. The van der Waals surface area contributed by atoms with Gasteiger partial charge in [-0.05, 0) is 33.4 Å². The Labute approximate surface area is 113 Å². The summed E-state index contributed by atoms with van der Waals surface area (Å²) in [5.41, 5.74) is 0. The summed E-state index contributed by atoms with van der Waals surface area (Å²) in [4.78, 5) is 19.4. The number of anilines is 1. The molecule has 1 unspecified atom stereocenters. The Balaban J connectivity index is 2.93. The first-order valence-electron chi connectivity index (χ1n) is 4.98. The molecule has 1 aromatic rings. The molecule has 7 heteroatoms. The van der Waals surface area contributed by atoms with Crippen molar-refractivity contribution >= 4 is 39.3 Å². The van der Waals surface area contributed by atoms with Gasteiger partial charge in [0, 0.05) is 6.20 Å². The molecular weight excluding hydrogens is 309 g/mol. The van der Waals surface area contributed by atoms with Gasteiger partial charge in [0.25, 0.3) is 0 Å². The predicted molar refractivity (Wildman–Crippen MR) is 69.0 cm³/mol. The number of nitrogens with zero attached hydrogens (tertiary/aromatic N) is 2. The van der Waals surface area contributed by atoms with Crippen molar-refractivity contribution in [3.05, 3.63) is 16.0 Å². The van der Waals surface area contributed by atoms with E-state index in [1.54, 1.807) is 0 Å². The molecule has 0 spiro atoms. The van der Waals surface area contributed by atoms with Gasteiger partial charge < -0.3 is 10.1 Å². The number of halogens is 2. The maximum Gasteiger partial charge on any atom is 0.328 e. The van der Waals surface area contributed by atoms with Crippen molar-refractivity contribution in [2.24, 2.45) is 5.92 Å². The molecular formula is C10H13BrClN3O2. The first kappa shape index (κ1) is 14.2. The summed E-state index contributed by atoms with van der Waals surface area (Å²) in [5.74, 6) is 0.179. The quantitative estimate of drug-likeness (QED) is 0.681. The number of hydrogen-bond acceptors (Lipinski definition) is 5. The van der Waals surface area contributed by atoms with E-state index < -0.39 is 6.04 Å². The molecule has 94 valence electrons. The van der Waals surface area contributed by atoms with Crippen LogP contribution < -0.4 is 5.32 Å². The molecule has 0 aliphatic rings. The molecule has 5 nitrogen and oxygen atoms in total.